The number of benzene rings is 3. The lowest BCUT2D eigenvalue weighted by Crippen LogP contribution is -2.43. The van der Waals surface area contributed by atoms with Gasteiger partial charge in [0, 0.05) is 12.1 Å². The Bertz CT molecular complexity index is 1200. The zero-order valence-corrected chi connectivity index (χ0v) is 18.6. The lowest BCUT2D eigenvalue weighted by Gasteiger charge is -2.31. The maximum absolute atomic E-state index is 13.1. The Balaban J connectivity index is 1.62. The molecule has 3 aromatic carbocycles. The first kappa shape index (κ1) is 20.9. The van der Waals surface area contributed by atoms with Crippen LogP contribution in [0, 0.1) is 0 Å². The number of fused-ring (bicyclic) bond motifs is 2. The van der Waals surface area contributed by atoms with Crippen LogP contribution in [0.25, 0.3) is 21.8 Å². The summed E-state index contributed by atoms with van der Waals surface area (Å²) in [7, 11) is 0. The summed E-state index contributed by atoms with van der Waals surface area (Å²) in [5.41, 5.74) is 1.81. The van der Waals surface area contributed by atoms with Gasteiger partial charge >= 0.3 is 0 Å². The molecular weight excluding hydrogens is 386 g/mol. The fourth-order valence-electron chi connectivity index (χ4n) is 4.21. The fraction of sp³-hybridized carbons (Fsp3) is 0.308. The van der Waals surface area contributed by atoms with Crippen molar-refractivity contribution in [3.8, 4) is 5.75 Å². The van der Waals surface area contributed by atoms with Crippen molar-refractivity contribution in [3.63, 3.8) is 0 Å². The third kappa shape index (κ3) is 4.41. The average Bonchev–Trinajstić information content (AvgIpc) is 3.09. The van der Waals surface area contributed by atoms with Crippen LogP contribution in [-0.4, -0.2) is 32.4 Å². The normalized spacial score (nSPS) is 11.5. The van der Waals surface area contributed by atoms with E-state index in [0.717, 1.165) is 28.0 Å². The second-order valence-corrected chi connectivity index (χ2v) is 8.39. The summed E-state index contributed by atoms with van der Waals surface area (Å²) in [6.45, 7) is 8.74. The summed E-state index contributed by atoms with van der Waals surface area (Å²) < 4.78 is 8.08. The monoisotopic (exact) mass is 415 g/mol. The largest absolute Gasteiger partial charge is 0.486 e. The first-order valence-electron chi connectivity index (χ1n) is 10.8. The predicted octanol–water partition coefficient (Wildman–Crippen LogP) is 5.41. The third-order valence-electron chi connectivity index (χ3n) is 5.52. The second-order valence-electron chi connectivity index (χ2n) is 8.39. The maximum atomic E-state index is 13.1. The van der Waals surface area contributed by atoms with Gasteiger partial charge in [-0.3, -0.25) is 4.79 Å². The van der Waals surface area contributed by atoms with Gasteiger partial charge in [-0.1, -0.05) is 42.5 Å². The first-order chi connectivity index (χ1) is 14.9. The molecule has 0 aliphatic rings. The molecule has 0 N–H and O–H groups in total. The van der Waals surface area contributed by atoms with Gasteiger partial charge in [0.15, 0.2) is 0 Å². The van der Waals surface area contributed by atoms with Crippen molar-refractivity contribution < 1.29 is 9.53 Å². The van der Waals surface area contributed by atoms with Gasteiger partial charge in [0.05, 0.1) is 11.0 Å². The van der Waals surface area contributed by atoms with Crippen LogP contribution in [0.5, 0.6) is 5.75 Å². The summed E-state index contributed by atoms with van der Waals surface area (Å²) in [6.07, 6.45) is 0. The van der Waals surface area contributed by atoms with Crippen LogP contribution in [0.2, 0.25) is 0 Å². The van der Waals surface area contributed by atoms with Gasteiger partial charge in [-0.05, 0) is 62.7 Å². The van der Waals surface area contributed by atoms with E-state index < -0.39 is 0 Å². The van der Waals surface area contributed by atoms with Crippen LogP contribution >= 0.6 is 0 Å². The molecule has 0 aliphatic heterocycles. The number of aromatic nitrogens is 2. The highest BCUT2D eigenvalue weighted by molar-refractivity contribution is 5.84. The number of nitrogens with zero attached hydrogens (tertiary/aromatic N) is 3. The predicted molar refractivity (Wildman–Crippen MR) is 125 cm³/mol. The molecule has 0 saturated carbocycles. The van der Waals surface area contributed by atoms with Gasteiger partial charge in [0.1, 0.15) is 24.7 Å². The molecule has 0 fully saturated rings. The summed E-state index contributed by atoms with van der Waals surface area (Å²) in [5.74, 6) is 1.62. The number of ether oxygens (including phenoxy) is 1. The number of para-hydroxylation sites is 2. The highest BCUT2D eigenvalue weighted by atomic mass is 16.5. The van der Waals surface area contributed by atoms with Crippen molar-refractivity contribution in [1.29, 1.82) is 0 Å². The van der Waals surface area contributed by atoms with E-state index in [-0.39, 0.29) is 24.5 Å². The molecule has 4 aromatic rings. The third-order valence-corrected chi connectivity index (χ3v) is 5.52. The van der Waals surface area contributed by atoms with Crippen molar-refractivity contribution in [2.24, 2.45) is 0 Å². The van der Waals surface area contributed by atoms with Crippen LogP contribution < -0.4 is 4.74 Å². The van der Waals surface area contributed by atoms with Gasteiger partial charge in [-0.25, -0.2) is 4.98 Å². The highest BCUT2D eigenvalue weighted by Gasteiger charge is 2.22. The first-order valence-corrected chi connectivity index (χ1v) is 10.8. The number of hydrogen-bond donors (Lipinski definition) is 0. The number of imidazole rings is 1. The van der Waals surface area contributed by atoms with E-state index in [9.17, 15) is 4.79 Å². The van der Waals surface area contributed by atoms with Crippen LogP contribution in [0.15, 0.2) is 66.7 Å². The minimum atomic E-state index is 0.0834. The summed E-state index contributed by atoms with van der Waals surface area (Å²) in [5, 5.41) is 2.31. The molecule has 0 bridgehead atoms. The molecule has 160 valence electrons. The molecule has 0 aliphatic carbocycles. The topological polar surface area (TPSA) is 47.4 Å². The molecular formula is C26H29N3O2. The summed E-state index contributed by atoms with van der Waals surface area (Å²) in [6, 6.07) is 22.5. The molecule has 4 rings (SSSR count). The average molecular weight is 416 g/mol. The lowest BCUT2D eigenvalue weighted by molar-refractivity contribution is -0.135. The van der Waals surface area contributed by atoms with Crippen LogP contribution in [0.3, 0.4) is 0 Å². The molecule has 5 nitrogen and oxygen atoms in total. The molecule has 5 heteroatoms. The summed E-state index contributed by atoms with van der Waals surface area (Å²) >= 11 is 0. The van der Waals surface area contributed by atoms with Gasteiger partial charge in [-0.15, -0.1) is 0 Å². The molecule has 0 atom stereocenters. The molecule has 0 spiro atoms. The smallest absolute Gasteiger partial charge is 0.243 e. The molecule has 1 amide bonds. The van der Waals surface area contributed by atoms with Crippen molar-refractivity contribution in [2.75, 3.05) is 0 Å². The number of hydrogen-bond acceptors (Lipinski definition) is 3. The molecule has 0 saturated heterocycles. The maximum Gasteiger partial charge on any atom is 0.243 e. The quantitative estimate of drug-likeness (QED) is 0.405. The number of carbonyl (C=O) groups excluding carboxylic acids is 1. The van der Waals surface area contributed by atoms with E-state index in [1.54, 1.807) is 0 Å². The van der Waals surface area contributed by atoms with E-state index in [1.165, 1.54) is 5.39 Å². The Morgan fingerprint density at radius 2 is 1.61 bits per heavy atom. The Morgan fingerprint density at radius 1 is 0.935 bits per heavy atom. The van der Waals surface area contributed by atoms with Gasteiger partial charge < -0.3 is 14.2 Å². The number of rotatable bonds is 7. The Kier molecular flexibility index (Phi) is 5.94. The Hall–Kier alpha value is -3.34. The fourth-order valence-corrected chi connectivity index (χ4v) is 4.21. The van der Waals surface area contributed by atoms with E-state index in [2.05, 4.69) is 18.2 Å². The van der Waals surface area contributed by atoms with Crippen LogP contribution in [0.4, 0.5) is 0 Å². The molecule has 31 heavy (non-hydrogen) atoms. The Morgan fingerprint density at radius 3 is 2.35 bits per heavy atom. The van der Waals surface area contributed by atoms with Crippen molar-refractivity contribution in [3.05, 3.63) is 72.6 Å². The summed E-state index contributed by atoms with van der Waals surface area (Å²) in [4.78, 5) is 19.8. The number of amides is 1. The van der Waals surface area contributed by atoms with E-state index >= 15 is 0 Å². The molecule has 1 heterocycles. The second kappa shape index (κ2) is 8.80. The Labute approximate surface area is 183 Å². The van der Waals surface area contributed by atoms with Crippen molar-refractivity contribution in [2.45, 2.75) is 52.9 Å². The van der Waals surface area contributed by atoms with Crippen LogP contribution in [-0.2, 0) is 17.9 Å². The highest BCUT2D eigenvalue weighted by Crippen LogP contribution is 2.23. The number of carbonyl (C=O) groups is 1. The van der Waals surface area contributed by atoms with Crippen molar-refractivity contribution >= 4 is 27.7 Å². The zero-order chi connectivity index (χ0) is 22.0. The standard InChI is InChI=1S/C26H29N3O2/c1-18(2)29(19(3)4)26(30)16-28-24-12-8-7-11-23(24)27-25(28)17-31-22-14-13-20-9-5-6-10-21(20)15-22/h5-15,18-19H,16-17H2,1-4H3. The van der Waals surface area contributed by atoms with Gasteiger partial charge in [0.25, 0.3) is 0 Å². The van der Waals surface area contributed by atoms with Gasteiger partial charge in [-0.2, -0.15) is 0 Å². The van der Waals surface area contributed by atoms with Crippen molar-refractivity contribution in [1.82, 2.24) is 14.5 Å². The molecule has 0 unspecified atom stereocenters. The zero-order valence-electron chi connectivity index (χ0n) is 18.6. The van der Waals surface area contributed by atoms with E-state index in [1.807, 2.05) is 85.7 Å². The van der Waals surface area contributed by atoms with Gasteiger partial charge in [0.2, 0.25) is 5.91 Å². The van der Waals surface area contributed by atoms with Crippen LogP contribution in [0.1, 0.15) is 33.5 Å². The molecule has 1 aromatic heterocycles. The lowest BCUT2D eigenvalue weighted by atomic mass is 10.1. The SMILES string of the molecule is CC(C)N(C(=O)Cn1c(COc2ccc3ccccc3c2)nc2ccccc21)C(C)C. The molecule has 0 radical (unpaired) electrons. The minimum absolute atomic E-state index is 0.0834. The van der Waals surface area contributed by atoms with E-state index in [0.29, 0.717) is 6.61 Å². The van der Waals surface area contributed by atoms with E-state index in [4.69, 9.17) is 9.72 Å². The minimum Gasteiger partial charge on any atom is -0.486 e.